The Balaban J connectivity index is 2.03. The highest BCUT2D eigenvalue weighted by Gasteiger charge is 2.34. The van der Waals surface area contributed by atoms with Crippen molar-refractivity contribution in [2.75, 3.05) is 33.4 Å². The highest BCUT2D eigenvalue weighted by Crippen LogP contribution is 2.25. The van der Waals surface area contributed by atoms with Crippen LogP contribution in [-0.2, 0) is 19.6 Å². The lowest BCUT2D eigenvalue weighted by Crippen LogP contribution is -2.46. The van der Waals surface area contributed by atoms with E-state index in [1.54, 1.807) is 20.9 Å². The lowest BCUT2D eigenvalue weighted by molar-refractivity contribution is -0.138. The second kappa shape index (κ2) is 9.49. The molecule has 1 N–H and O–H groups in total. The summed E-state index contributed by atoms with van der Waals surface area (Å²) in [7, 11) is -2.04. The summed E-state index contributed by atoms with van der Waals surface area (Å²) in [5.41, 5.74) is 0.297. The second-order valence-electron chi connectivity index (χ2n) is 6.90. The van der Waals surface area contributed by atoms with E-state index >= 15 is 0 Å². The zero-order chi connectivity index (χ0) is 20.9. The van der Waals surface area contributed by atoms with Crippen LogP contribution in [0.4, 0.5) is 0 Å². The predicted octanol–water partition coefficient (Wildman–Crippen LogP) is 1.10. The summed E-state index contributed by atoms with van der Waals surface area (Å²) >= 11 is 0. The van der Waals surface area contributed by atoms with E-state index in [0.717, 1.165) is 0 Å². The first kappa shape index (κ1) is 22.3. The number of hydrogen-bond donors (Lipinski definition) is 1. The number of esters is 1. The number of aliphatic hydroxyl groups excluding tert-OH is 1. The first-order chi connectivity index (χ1) is 13.2. The van der Waals surface area contributed by atoms with Crippen molar-refractivity contribution in [1.29, 1.82) is 0 Å². The number of likely N-dealkylation sites (N-methyl/N-ethyl adjacent to an activating group) is 1. The van der Waals surface area contributed by atoms with E-state index in [2.05, 4.69) is 0 Å². The topological polar surface area (TPSA) is 104 Å². The molecule has 0 radical (unpaired) electrons. The molecule has 0 unspecified atom stereocenters. The average molecular weight is 413 g/mol. The van der Waals surface area contributed by atoms with Crippen molar-refractivity contribution < 1.29 is 27.9 Å². The molecule has 156 valence electrons. The van der Waals surface area contributed by atoms with E-state index in [1.165, 1.54) is 33.5 Å². The normalized spacial score (nSPS) is 17.1. The predicted molar refractivity (Wildman–Crippen MR) is 103 cm³/mol. The van der Waals surface area contributed by atoms with Gasteiger partial charge in [0, 0.05) is 26.1 Å². The Bertz CT molecular complexity index is 785. The van der Waals surface area contributed by atoms with Crippen molar-refractivity contribution >= 4 is 21.9 Å². The summed E-state index contributed by atoms with van der Waals surface area (Å²) in [4.78, 5) is 25.8. The van der Waals surface area contributed by atoms with Gasteiger partial charge in [-0.05, 0) is 51.0 Å². The van der Waals surface area contributed by atoms with E-state index in [-0.39, 0.29) is 49.1 Å². The van der Waals surface area contributed by atoms with Crippen LogP contribution in [0.15, 0.2) is 29.2 Å². The van der Waals surface area contributed by atoms with Crippen molar-refractivity contribution in [2.45, 2.75) is 37.6 Å². The number of benzene rings is 1. The van der Waals surface area contributed by atoms with Gasteiger partial charge >= 0.3 is 5.97 Å². The summed E-state index contributed by atoms with van der Waals surface area (Å²) in [6.45, 7) is 4.10. The summed E-state index contributed by atoms with van der Waals surface area (Å²) in [6.07, 6.45) is 0.864. The number of sulfonamides is 1. The van der Waals surface area contributed by atoms with Gasteiger partial charge in [0.05, 0.1) is 29.7 Å². The average Bonchev–Trinajstić information content (AvgIpc) is 2.72. The minimum atomic E-state index is -3.69. The summed E-state index contributed by atoms with van der Waals surface area (Å²) in [6, 6.07) is 5.40. The zero-order valence-electron chi connectivity index (χ0n) is 16.5. The van der Waals surface area contributed by atoms with Crippen molar-refractivity contribution in [3.8, 4) is 0 Å². The van der Waals surface area contributed by atoms with E-state index in [1.807, 2.05) is 0 Å². The number of nitrogens with zero attached hydrogens (tertiary/aromatic N) is 2. The van der Waals surface area contributed by atoms with Crippen molar-refractivity contribution in [1.82, 2.24) is 9.21 Å². The van der Waals surface area contributed by atoms with Gasteiger partial charge in [-0.1, -0.05) is 0 Å². The fourth-order valence-electron chi connectivity index (χ4n) is 3.10. The molecular formula is C19H28N2O6S. The smallest absolute Gasteiger partial charge is 0.338 e. The number of hydrogen-bond acceptors (Lipinski definition) is 6. The molecule has 1 aliphatic rings. The van der Waals surface area contributed by atoms with Crippen LogP contribution in [0.3, 0.4) is 0 Å². The first-order valence-corrected chi connectivity index (χ1v) is 10.8. The van der Waals surface area contributed by atoms with E-state index < -0.39 is 16.0 Å². The Morgan fingerprint density at radius 3 is 2.32 bits per heavy atom. The van der Waals surface area contributed by atoms with Gasteiger partial charge in [0.15, 0.2) is 0 Å². The zero-order valence-corrected chi connectivity index (χ0v) is 17.3. The van der Waals surface area contributed by atoms with Crippen LogP contribution in [0.1, 0.15) is 37.0 Å². The fourth-order valence-corrected chi connectivity index (χ4v) is 4.57. The minimum absolute atomic E-state index is 0.0719. The van der Waals surface area contributed by atoms with Crippen molar-refractivity contribution in [3.05, 3.63) is 29.8 Å². The number of rotatable bonds is 7. The summed E-state index contributed by atoms with van der Waals surface area (Å²) < 4.78 is 31.9. The molecule has 0 bridgehead atoms. The number of ether oxygens (including phenoxy) is 1. The first-order valence-electron chi connectivity index (χ1n) is 9.37. The molecular weight excluding hydrogens is 384 g/mol. The Labute approximate surface area is 166 Å². The van der Waals surface area contributed by atoms with Gasteiger partial charge in [-0.2, -0.15) is 4.31 Å². The maximum atomic E-state index is 12.8. The third kappa shape index (κ3) is 4.89. The number of aliphatic hydroxyl groups is 1. The maximum Gasteiger partial charge on any atom is 0.338 e. The van der Waals surface area contributed by atoms with Crippen LogP contribution in [0.5, 0.6) is 0 Å². The standard InChI is InChI=1S/C19H28N2O6S/c1-4-27-19(24)16-5-7-17(8-6-16)28(25,26)21-11-9-15(10-12-21)18(23)20(3)14(2)13-22/h5-8,14-15,22H,4,9-13H2,1-3H3/t14-/m0/s1. The van der Waals surface area contributed by atoms with E-state index in [4.69, 9.17) is 4.74 Å². The molecule has 1 aromatic carbocycles. The molecule has 28 heavy (non-hydrogen) atoms. The second-order valence-corrected chi connectivity index (χ2v) is 8.84. The maximum absolute atomic E-state index is 12.8. The number of amides is 1. The van der Waals surface area contributed by atoms with Gasteiger partial charge in [-0.3, -0.25) is 4.79 Å². The van der Waals surface area contributed by atoms with Crippen molar-refractivity contribution in [3.63, 3.8) is 0 Å². The monoisotopic (exact) mass is 412 g/mol. The van der Waals surface area contributed by atoms with E-state index in [0.29, 0.717) is 18.4 Å². The van der Waals surface area contributed by atoms with Gasteiger partial charge in [-0.25, -0.2) is 13.2 Å². The van der Waals surface area contributed by atoms with Crippen molar-refractivity contribution in [2.24, 2.45) is 5.92 Å². The molecule has 1 aromatic rings. The Hall–Kier alpha value is -1.97. The molecule has 1 fully saturated rings. The molecule has 0 aliphatic carbocycles. The van der Waals surface area contributed by atoms with Crippen LogP contribution in [0, 0.1) is 5.92 Å². The van der Waals surface area contributed by atoms with Gasteiger partial charge in [0.2, 0.25) is 15.9 Å². The van der Waals surface area contributed by atoms with Crippen LogP contribution in [-0.4, -0.2) is 74.0 Å². The van der Waals surface area contributed by atoms with Gasteiger partial charge in [-0.15, -0.1) is 0 Å². The number of carbonyl (C=O) groups excluding carboxylic acids is 2. The molecule has 1 heterocycles. The molecule has 1 atom stereocenters. The Kier molecular flexibility index (Phi) is 7.56. The van der Waals surface area contributed by atoms with Gasteiger partial charge < -0.3 is 14.7 Å². The Morgan fingerprint density at radius 2 is 1.82 bits per heavy atom. The van der Waals surface area contributed by atoms with Crippen LogP contribution in [0.25, 0.3) is 0 Å². The highest BCUT2D eigenvalue weighted by atomic mass is 32.2. The Morgan fingerprint density at radius 1 is 1.25 bits per heavy atom. The van der Waals surface area contributed by atoms with Crippen LogP contribution in [0.2, 0.25) is 0 Å². The molecule has 9 heteroatoms. The molecule has 2 rings (SSSR count). The number of carbonyl (C=O) groups is 2. The number of piperidine rings is 1. The SMILES string of the molecule is CCOC(=O)c1ccc(S(=O)(=O)N2CCC(C(=O)N(C)[C@@H](C)CO)CC2)cc1. The van der Waals surface area contributed by atoms with Gasteiger partial charge in [0.1, 0.15) is 0 Å². The quantitative estimate of drug-likeness (QED) is 0.673. The largest absolute Gasteiger partial charge is 0.462 e. The lowest BCUT2D eigenvalue weighted by Gasteiger charge is -2.34. The molecule has 1 amide bonds. The molecule has 1 saturated heterocycles. The molecule has 1 aliphatic heterocycles. The third-order valence-corrected chi connectivity index (χ3v) is 6.99. The molecule has 0 spiro atoms. The third-order valence-electron chi connectivity index (χ3n) is 5.08. The molecule has 8 nitrogen and oxygen atoms in total. The summed E-state index contributed by atoms with van der Waals surface area (Å²) in [5, 5.41) is 9.20. The molecule has 0 aromatic heterocycles. The van der Waals surface area contributed by atoms with Gasteiger partial charge in [0.25, 0.3) is 0 Å². The molecule has 0 saturated carbocycles. The highest BCUT2D eigenvalue weighted by molar-refractivity contribution is 7.89. The van der Waals surface area contributed by atoms with Crippen LogP contribution < -0.4 is 0 Å². The van der Waals surface area contributed by atoms with Crippen LogP contribution >= 0.6 is 0 Å². The fraction of sp³-hybridized carbons (Fsp3) is 0.579. The summed E-state index contributed by atoms with van der Waals surface area (Å²) in [5.74, 6) is -0.818. The lowest BCUT2D eigenvalue weighted by atomic mass is 9.96. The minimum Gasteiger partial charge on any atom is -0.462 e. The van der Waals surface area contributed by atoms with E-state index in [9.17, 15) is 23.1 Å².